The molecule has 0 heterocycles. The molecule has 10 heavy (non-hydrogen) atoms. The molecule has 0 heteroatoms. The van der Waals surface area contributed by atoms with Crippen LogP contribution in [0, 0.1) is 5.92 Å². The van der Waals surface area contributed by atoms with E-state index >= 15 is 0 Å². The SMILES string of the molecule is C=C1C(=C)C(C)CC2=C1C2. The molecule has 0 saturated heterocycles. The second kappa shape index (κ2) is 1.63. The van der Waals surface area contributed by atoms with Gasteiger partial charge in [-0.05, 0) is 35.5 Å². The van der Waals surface area contributed by atoms with Gasteiger partial charge in [-0.15, -0.1) is 0 Å². The van der Waals surface area contributed by atoms with Crippen molar-refractivity contribution in [2.24, 2.45) is 5.92 Å². The van der Waals surface area contributed by atoms with Crippen LogP contribution < -0.4 is 0 Å². The average molecular weight is 132 g/mol. The summed E-state index contributed by atoms with van der Waals surface area (Å²) in [7, 11) is 0. The van der Waals surface area contributed by atoms with E-state index in [1.165, 1.54) is 29.6 Å². The fraction of sp³-hybridized carbons (Fsp3) is 0.400. The zero-order valence-electron chi connectivity index (χ0n) is 6.41. The number of hydrogen-bond donors (Lipinski definition) is 0. The highest BCUT2D eigenvalue weighted by Crippen LogP contribution is 2.49. The third-order valence-corrected chi connectivity index (χ3v) is 2.59. The van der Waals surface area contributed by atoms with Crippen molar-refractivity contribution >= 4 is 0 Å². The fourth-order valence-corrected chi connectivity index (χ4v) is 1.67. The van der Waals surface area contributed by atoms with E-state index in [2.05, 4.69) is 20.1 Å². The van der Waals surface area contributed by atoms with Crippen LogP contribution in [-0.4, -0.2) is 0 Å². The van der Waals surface area contributed by atoms with Crippen molar-refractivity contribution < 1.29 is 0 Å². The fourth-order valence-electron chi connectivity index (χ4n) is 1.67. The van der Waals surface area contributed by atoms with Crippen molar-refractivity contribution in [3.05, 3.63) is 35.5 Å². The Morgan fingerprint density at radius 3 is 2.80 bits per heavy atom. The predicted octanol–water partition coefficient (Wildman–Crippen LogP) is 2.84. The Morgan fingerprint density at radius 1 is 1.40 bits per heavy atom. The lowest BCUT2D eigenvalue weighted by molar-refractivity contribution is 0.689. The van der Waals surface area contributed by atoms with Crippen LogP contribution in [0.15, 0.2) is 35.5 Å². The molecule has 1 atom stereocenters. The molecule has 0 radical (unpaired) electrons. The Labute approximate surface area is 61.9 Å². The zero-order chi connectivity index (χ0) is 7.30. The van der Waals surface area contributed by atoms with E-state index in [-0.39, 0.29) is 0 Å². The van der Waals surface area contributed by atoms with Crippen molar-refractivity contribution in [2.75, 3.05) is 0 Å². The topological polar surface area (TPSA) is 0 Å². The van der Waals surface area contributed by atoms with Crippen LogP contribution >= 0.6 is 0 Å². The van der Waals surface area contributed by atoms with Crippen molar-refractivity contribution in [3.8, 4) is 0 Å². The molecule has 0 aliphatic heterocycles. The highest BCUT2D eigenvalue weighted by molar-refractivity contribution is 5.60. The Morgan fingerprint density at radius 2 is 2.10 bits per heavy atom. The van der Waals surface area contributed by atoms with Crippen molar-refractivity contribution in [1.29, 1.82) is 0 Å². The molecule has 0 nitrogen and oxygen atoms in total. The van der Waals surface area contributed by atoms with E-state index in [0.29, 0.717) is 5.92 Å². The van der Waals surface area contributed by atoms with Gasteiger partial charge in [-0.3, -0.25) is 0 Å². The first-order chi connectivity index (χ1) is 4.70. The molecule has 2 aliphatic rings. The van der Waals surface area contributed by atoms with Gasteiger partial charge in [0.25, 0.3) is 0 Å². The molecule has 2 aliphatic carbocycles. The van der Waals surface area contributed by atoms with Gasteiger partial charge in [-0.1, -0.05) is 25.7 Å². The van der Waals surface area contributed by atoms with Crippen LogP contribution in [0.5, 0.6) is 0 Å². The predicted molar refractivity (Wildman–Crippen MR) is 43.7 cm³/mol. The van der Waals surface area contributed by atoms with Crippen LogP contribution in [0.1, 0.15) is 19.8 Å². The second-order valence-corrected chi connectivity index (χ2v) is 3.37. The Bertz CT molecular complexity index is 253. The molecule has 0 spiro atoms. The van der Waals surface area contributed by atoms with Gasteiger partial charge in [0.1, 0.15) is 0 Å². The van der Waals surface area contributed by atoms with E-state index in [1.54, 1.807) is 5.57 Å². The molecule has 0 aromatic heterocycles. The van der Waals surface area contributed by atoms with Crippen LogP contribution in [0.3, 0.4) is 0 Å². The molecule has 2 rings (SSSR count). The van der Waals surface area contributed by atoms with Crippen LogP contribution in [0.2, 0.25) is 0 Å². The maximum Gasteiger partial charge on any atom is -0.00552 e. The summed E-state index contributed by atoms with van der Waals surface area (Å²) in [6.07, 6.45) is 2.47. The Hall–Kier alpha value is -0.780. The summed E-state index contributed by atoms with van der Waals surface area (Å²) in [5.41, 5.74) is 5.62. The maximum absolute atomic E-state index is 4.02. The summed E-state index contributed by atoms with van der Waals surface area (Å²) in [5, 5.41) is 0. The van der Waals surface area contributed by atoms with Crippen molar-refractivity contribution in [1.82, 2.24) is 0 Å². The summed E-state index contributed by atoms with van der Waals surface area (Å²) >= 11 is 0. The van der Waals surface area contributed by atoms with Crippen LogP contribution in [0.4, 0.5) is 0 Å². The van der Waals surface area contributed by atoms with Gasteiger partial charge >= 0.3 is 0 Å². The largest absolute Gasteiger partial charge is 0.0950 e. The molecule has 0 aromatic carbocycles. The lowest BCUT2D eigenvalue weighted by atomic mass is 9.89. The van der Waals surface area contributed by atoms with E-state index in [9.17, 15) is 0 Å². The highest BCUT2D eigenvalue weighted by Gasteiger charge is 2.32. The summed E-state index contributed by atoms with van der Waals surface area (Å²) in [4.78, 5) is 0. The monoisotopic (exact) mass is 132 g/mol. The van der Waals surface area contributed by atoms with Crippen LogP contribution in [0.25, 0.3) is 0 Å². The maximum atomic E-state index is 4.02. The van der Waals surface area contributed by atoms with Gasteiger partial charge < -0.3 is 0 Å². The average Bonchev–Trinajstić information content (AvgIpc) is 2.62. The molecule has 1 unspecified atom stereocenters. The van der Waals surface area contributed by atoms with E-state index in [0.717, 1.165) is 0 Å². The quantitative estimate of drug-likeness (QED) is 0.475. The first-order valence-electron chi connectivity index (χ1n) is 3.79. The number of hydrogen-bond acceptors (Lipinski definition) is 0. The van der Waals surface area contributed by atoms with E-state index in [1.807, 2.05) is 0 Å². The summed E-state index contributed by atoms with van der Waals surface area (Å²) in [6, 6.07) is 0. The highest BCUT2D eigenvalue weighted by atomic mass is 14.4. The van der Waals surface area contributed by atoms with Gasteiger partial charge in [-0.2, -0.15) is 0 Å². The third-order valence-electron chi connectivity index (χ3n) is 2.59. The first-order valence-corrected chi connectivity index (χ1v) is 3.79. The number of allylic oxidation sites excluding steroid dienone is 4. The molecule has 0 saturated carbocycles. The van der Waals surface area contributed by atoms with Gasteiger partial charge in [0.2, 0.25) is 0 Å². The molecule has 0 aromatic rings. The Kier molecular flexibility index (Phi) is 0.971. The first kappa shape index (κ1) is 5.96. The molecule has 0 bridgehead atoms. The smallest absolute Gasteiger partial charge is 0.00552 e. The van der Waals surface area contributed by atoms with Gasteiger partial charge in [-0.25, -0.2) is 0 Å². The summed E-state index contributed by atoms with van der Waals surface area (Å²) in [6.45, 7) is 10.3. The molecule has 0 amide bonds. The van der Waals surface area contributed by atoms with Crippen LogP contribution in [-0.2, 0) is 0 Å². The van der Waals surface area contributed by atoms with Crippen molar-refractivity contribution in [3.63, 3.8) is 0 Å². The van der Waals surface area contributed by atoms with E-state index in [4.69, 9.17) is 0 Å². The van der Waals surface area contributed by atoms with E-state index < -0.39 is 0 Å². The molecule has 0 fully saturated rings. The lowest BCUT2D eigenvalue weighted by Crippen LogP contribution is -2.01. The molecule has 0 N–H and O–H groups in total. The molecular weight excluding hydrogens is 120 g/mol. The Balaban J connectivity index is 2.36. The van der Waals surface area contributed by atoms with Gasteiger partial charge in [0.15, 0.2) is 0 Å². The minimum absolute atomic E-state index is 0.647. The summed E-state index contributed by atoms with van der Waals surface area (Å²) < 4.78 is 0. The number of rotatable bonds is 0. The molecule has 52 valence electrons. The van der Waals surface area contributed by atoms with Gasteiger partial charge in [0.05, 0.1) is 0 Å². The lowest BCUT2D eigenvalue weighted by Gasteiger charge is -2.16. The minimum Gasteiger partial charge on any atom is -0.0950 e. The summed E-state index contributed by atoms with van der Waals surface area (Å²) in [5.74, 6) is 0.647. The molecular formula is C10H12. The zero-order valence-corrected chi connectivity index (χ0v) is 6.41. The standard InChI is InChI=1S/C10H12/c1-6-4-9-5-10(9)8(3)7(6)2/h6H,2-5H2,1H3. The third kappa shape index (κ3) is 0.620. The van der Waals surface area contributed by atoms with Gasteiger partial charge in [0, 0.05) is 0 Å². The second-order valence-electron chi connectivity index (χ2n) is 3.37. The van der Waals surface area contributed by atoms with Crippen molar-refractivity contribution in [2.45, 2.75) is 19.8 Å². The normalized spacial score (nSPS) is 30.7. The minimum atomic E-state index is 0.647.